The summed E-state index contributed by atoms with van der Waals surface area (Å²) in [6.45, 7) is 2.69. The Kier molecular flexibility index (Phi) is 6.42. The van der Waals surface area contributed by atoms with E-state index in [1.807, 2.05) is 24.7 Å². The number of hydrogen-bond acceptors (Lipinski definition) is 3. The van der Waals surface area contributed by atoms with E-state index in [2.05, 4.69) is 20.7 Å². The first kappa shape index (κ1) is 17.0. The van der Waals surface area contributed by atoms with Crippen LogP contribution in [0.15, 0.2) is 17.3 Å². The molecule has 6 nitrogen and oxygen atoms in total. The highest BCUT2D eigenvalue weighted by molar-refractivity contribution is 7.85. The molecule has 0 amide bonds. The predicted molar refractivity (Wildman–Crippen MR) is 91.3 cm³/mol. The number of aromatic nitrogens is 2. The van der Waals surface area contributed by atoms with E-state index in [0.29, 0.717) is 17.8 Å². The first-order chi connectivity index (χ1) is 10.6. The molecule has 1 fully saturated rings. The molecule has 22 heavy (non-hydrogen) atoms. The van der Waals surface area contributed by atoms with Crippen molar-refractivity contribution in [2.75, 3.05) is 12.8 Å². The van der Waals surface area contributed by atoms with Crippen LogP contribution in [0.5, 0.6) is 0 Å². The summed E-state index contributed by atoms with van der Waals surface area (Å²) in [4.78, 5) is 4.29. The van der Waals surface area contributed by atoms with Crippen molar-refractivity contribution in [3.05, 3.63) is 18.0 Å². The molecule has 2 rings (SSSR count). The van der Waals surface area contributed by atoms with Gasteiger partial charge in [0.05, 0.1) is 12.2 Å². The highest BCUT2D eigenvalue weighted by Gasteiger charge is 2.25. The van der Waals surface area contributed by atoms with E-state index >= 15 is 0 Å². The molecule has 3 unspecified atom stereocenters. The molecule has 0 aromatic carbocycles. The number of nitrogens with one attached hydrogen (secondary N) is 2. The van der Waals surface area contributed by atoms with Gasteiger partial charge >= 0.3 is 0 Å². The Hall–Kier alpha value is -1.37. The average Bonchev–Trinajstić information content (AvgIpc) is 2.96. The molecular formula is C15H27N5OS. The van der Waals surface area contributed by atoms with E-state index in [1.54, 1.807) is 13.2 Å². The van der Waals surface area contributed by atoms with Gasteiger partial charge in [0, 0.05) is 48.1 Å². The Morgan fingerprint density at radius 2 is 2.36 bits per heavy atom. The molecule has 1 aliphatic rings. The van der Waals surface area contributed by atoms with Crippen LogP contribution in [0, 0.1) is 0 Å². The second-order valence-corrected chi connectivity index (χ2v) is 7.68. The minimum absolute atomic E-state index is 0.325. The second kappa shape index (κ2) is 8.31. The lowest BCUT2D eigenvalue weighted by molar-refractivity contribution is 0.413. The van der Waals surface area contributed by atoms with Gasteiger partial charge in [0.2, 0.25) is 0 Å². The summed E-state index contributed by atoms with van der Waals surface area (Å²) in [5.41, 5.74) is 1.11. The maximum atomic E-state index is 12.0. The second-order valence-electron chi connectivity index (χ2n) is 5.67. The number of nitrogens with zero attached hydrogens (tertiary/aromatic N) is 3. The molecule has 7 heteroatoms. The van der Waals surface area contributed by atoms with Gasteiger partial charge in [0.25, 0.3) is 0 Å². The third-order valence-corrected chi connectivity index (χ3v) is 5.95. The number of aliphatic imine (C=N–C) groups is 1. The van der Waals surface area contributed by atoms with Gasteiger partial charge in [-0.05, 0) is 25.3 Å². The van der Waals surface area contributed by atoms with Crippen molar-refractivity contribution in [1.82, 2.24) is 20.4 Å². The topological polar surface area (TPSA) is 71.3 Å². The van der Waals surface area contributed by atoms with Crippen molar-refractivity contribution < 1.29 is 4.21 Å². The molecule has 1 aliphatic carbocycles. The molecule has 124 valence electrons. The van der Waals surface area contributed by atoms with E-state index in [0.717, 1.165) is 43.1 Å². The SMILES string of the molecule is CCS(=O)C1CCCC(NC(=NC)NCc2ccnn2C)C1. The molecule has 1 aromatic rings. The Balaban J connectivity index is 1.85. The van der Waals surface area contributed by atoms with Crippen LogP contribution < -0.4 is 10.6 Å². The Labute approximate surface area is 135 Å². The monoisotopic (exact) mass is 325 g/mol. The number of hydrogen-bond donors (Lipinski definition) is 2. The zero-order chi connectivity index (χ0) is 15.9. The maximum Gasteiger partial charge on any atom is 0.191 e. The summed E-state index contributed by atoms with van der Waals surface area (Å²) in [6.07, 6.45) is 6.09. The van der Waals surface area contributed by atoms with E-state index in [4.69, 9.17) is 0 Å². The molecule has 0 spiro atoms. The van der Waals surface area contributed by atoms with Gasteiger partial charge < -0.3 is 10.6 Å². The van der Waals surface area contributed by atoms with Crippen molar-refractivity contribution in [2.24, 2.45) is 12.0 Å². The standard InChI is InChI=1S/C15H27N5OS/c1-4-22(21)14-7-5-6-12(10-14)19-15(16-2)17-11-13-8-9-18-20(13)3/h8-9,12,14H,4-7,10-11H2,1-3H3,(H2,16,17,19). The van der Waals surface area contributed by atoms with Crippen LogP contribution in [0.4, 0.5) is 0 Å². The minimum Gasteiger partial charge on any atom is -0.354 e. The molecule has 0 radical (unpaired) electrons. The fourth-order valence-electron chi connectivity index (χ4n) is 2.89. The van der Waals surface area contributed by atoms with Gasteiger partial charge in [-0.1, -0.05) is 13.3 Å². The smallest absolute Gasteiger partial charge is 0.191 e. The molecule has 1 heterocycles. The molecule has 0 aliphatic heterocycles. The van der Waals surface area contributed by atoms with Crippen molar-refractivity contribution >= 4 is 16.8 Å². The predicted octanol–water partition coefficient (Wildman–Crippen LogP) is 1.16. The van der Waals surface area contributed by atoms with Crippen molar-refractivity contribution in [3.8, 4) is 0 Å². The minimum atomic E-state index is -0.694. The van der Waals surface area contributed by atoms with E-state index in [9.17, 15) is 4.21 Å². The van der Waals surface area contributed by atoms with E-state index < -0.39 is 10.8 Å². The lowest BCUT2D eigenvalue weighted by atomic mass is 9.95. The summed E-state index contributed by atoms with van der Waals surface area (Å²) in [5.74, 6) is 1.55. The number of rotatable bonds is 5. The molecule has 0 bridgehead atoms. The third-order valence-electron chi connectivity index (χ3n) is 4.21. The zero-order valence-electron chi connectivity index (χ0n) is 13.7. The summed E-state index contributed by atoms with van der Waals surface area (Å²) in [5, 5.41) is 11.3. The normalized spacial score (nSPS) is 24.0. The van der Waals surface area contributed by atoms with Crippen LogP contribution in [0.2, 0.25) is 0 Å². The fourth-order valence-corrected chi connectivity index (χ4v) is 4.24. The van der Waals surface area contributed by atoms with Crippen LogP contribution >= 0.6 is 0 Å². The lowest BCUT2D eigenvalue weighted by Gasteiger charge is -2.30. The Bertz CT molecular complexity index is 528. The highest BCUT2D eigenvalue weighted by Crippen LogP contribution is 2.22. The van der Waals surface area contributed by atoms with Crippen LogP contribution in [0.1, 0.15) is 38.3 Å². The van der Waals surface area contributed by atoms with Crippen molar-refractivity contribution in [1.29, 1.82) is 0 Å². The number of guanidine groups is 1. The molecule has 3 atom stereocenters. The van der Waals surface area contributed by atoms with Gasteiger partial charge in [-0.3, -0.25) is 13.9 Å². The molecule has 1 saturated carbocycles. The first-order valence-electron chi connectivity index (χ1n) is 7.95. The third kappa shape index (κ3) is 4.56. The van der Waals surface area contributed by atoms with Crippen LogP contribution in [0.25, 0.3) is 0 Å². The largest absolute Gasteiger partial charge is 0.354 e. The molecule has 0 saturated heterocycles. The van der Waals surface area contributed by atoms with E-state index in [1.165, 1.54) is 0 Å². The fraction of sp³-hybridized carbons (Fsp3) is 0.733. The summed E-state index contributed by atoms with van der Waals surface area (Å²) in [6, 6.07) is 2.34. The van der Waals surface area contributed by atoms with Crippen molar-refractivity contribution in [2.45, 2.75) is 50.4 Å². The molecule has 1 aromatic heterocycles. The van der Waals surface area contributed by atoms with Gasteiger partial charge in [-0.2, -0.15) is 5.10 Å². The first-order valence-corrected chi connectivity index (χ1v) is 9.33. The summed E-state index contributed by atoms with van der Waals surface area (Å²) >= 11 is 0. The van der Waals surface area contributed by atoms with Gasteiger partial charge in [-0.25, -0.2) is 0 Å². The average molecular weight is 325 g/mol. The quantitative estimate of drug-likeness (QED) is 0.630. The van der Waals surface area contributed by atoms with Crippen LogP contribution in [0.3, 0.4) is 0 Å². The summed E-state index contributed by atoms with van der Waals surface area (Å²) < 4.78 is 13.9. The van der Waals surface area contributed by atoms with Gasteiger partial charge in [0.1, 0.15) is 0 Å². The highest BCUT2D eigenvalue weighted by atomic mass is 32.2. The molecular weight excluding hydrogens is 298 g/mol. The van der Waals surface area contributed by atoms with Crippen LogP contribution in [-0.4, -0.2) is 44.0 Å². The number of aryl methyl sites for hydroxylation is 1. The van der Waals surface area contributed by atoms with Crippen LogP contribution in [-0.2, 0) is 24.4 Å². The van der Waals surface area contributed by atoms with Crippen molar-refractivity contribution in [3.63, 3.8) is 0 Å². The lowest BCUT2D eigenvalue weighted by Crippen LogP contribution is -2.46. The Morgan fingerprint density at radius 3 is 3.00 bits per heavy atom. The van der Waals surface area contributed by atoms with Gasteiger partial charge in [-0.15, -0.1) is 0 Å². The maximum absolute atomic E-state index is 12.0. The Morgan fingerprint density at radius 1 is 1.55 bits per heavy atom. The van der Waals surface area contributed by atoms with Gasteiger partial charge in [0.15, 0.2) is 5.96 Å². The van der Waals surface area contributed by atoms with E-state index in [-0.39, 0.29) is 0 Å². The zero-order valence-corrected chi connectivity index (χ0v) is 14.5. The summed E-state index contributed by atoms with van der Waals surface area (Å²) in [7, 11) is 3.02. The molecule has 2 N–H and O–H groups in total.